The first kappa shape index (κ1) is 21.7. The Balaban J connectivity index is 1.34. The van der Waals surface area contributed by atoms with E-state index in [1.54, 1.807) is 37.4 Å². The van der Waals surface area contributed by atoms with Crippen LogP contribution in [0.1, 0.15) is 23.6 Å². The number of ether oxygens (including phenoxy) is 1. The molecule has 2 aromatic heterocycles. The van der Waals surface area contributed by atoms with E-state index in [0.29, 0.717) is 46.9 Å². The third-order valence-corrected chi connectivity index (χ3v) is 7.36. The summed E-state index contributed by atoms with van der Waals surface area (Å²) in [5.41, 5.74) is 3.25. The van der Waals surface area contributed by atoms with E-state index in [-0.39, 0.29) is 22.7 Å². The van der Waals surface area contributed by atoms with Gasteiger partial charge < -0.3 is 18.8 Å². The zero-order chi connectivity index (χ0) is 24.1. The molecule has 2 bridgehead atoms. The third kappa shape index (κ3) is 3.72. The summed E-state index contributed by atoms with van der Waals surface area (Å²) in [4.78, 5) is 28.0. The average molecular weight is 471 g/mol. The van der Waals surface area contributed by atoms with E-state index in [1.807, 2.05) is 28.8 Å². The van der Waals surface area contributed by atoms with Crippen LogP contribution in [0.5, 0.6) is 11.5 Å². The van der Waals surface area contributed by atoms with Crippen LogP contribution in [0.3, 0.4) is 0 Å². The van der Waals surface area contributed by atoms with Gasteiger partial charge in [0.1, 0.15) is 23.3 Å². The maximum absolute atomic E-state index is 13.3. The summed E-state index contributed by atoms with van der Waals surface area (Å²) >= 11 is 0. The predicted molar refractivity (Wildman–Crippen MR) is 133 cm³/mol. The predicted octanol–water partition coefficient (Wildman–Crippen LogP) is 3.96. The molecule has 0 saturated carbocycles. The molecule has 0 amide bonds. The van der Waals surface area contributed by atoms with Crippen LogP contribution in [0, 0.1) is 5.92 Å². The molecule has 7 heteroatoms. The fourth-order valence-electron chi connectivity index (χ4n) is 5.72. The molecule has 0 radical (unpaired) electrons. The molecule has 6 rings (SSSR count). The van der Waals surface area contributed by atoms with Crippen LogP contribution in [-0.4, -0.2) is 34.8 Å². The Morgan fingerprint density at radius 1 is 1.03 bits per heavy atom. The number of nitrogens with zero attached hydrogens (tertiary/aromatic N) is 2. The van der Waals surface area contributed by atoms with E-state index >= 15 is 0 Å². The van der Waals surface area contributed by atoms with Gasteiger partial charge in [0.2, 0.25) is 5.43 Å². The van der Waals surface area contributed by atoms with Gasteiger partial charge in [-0.1, -0.05) is 18.2 Å². The number of aromatic nitrogens is 1. The first-order chi connectivity index (χ1) is 17.0. The number of rotatable bonds is 4. The van der Waals surface area contributed by atoms with Crippen molar-refractivity contribution in [1.82, 2.24) is 9.47 Å². The summed E-state index contributed by atoms with van der Waals surface area (Å²) in [6.07, 6.45) is 2.53. The Hall–Kier alpha value is -3.84. The largest absolute Gasteiger partial charge is 0.507 e. The number of fused-ring (bicyclic) bond motifs is 5. The molecule has 2 aromatic carbocycles. The summed E-state index contributed by atoms with van der Waals surface area (Å²) in [5.74, 6) is 1.46. The summed E-state index contributed by atoms with van der Waals surface area (Å²) in [6.45, 7) is 2.78. The maximum atomic E-state index is 13.3. The highest BCUT2D eigenvalue weighted by atomic mass is 16.5. The van der Waals surface area contributed by atoms with Crippen molar-refractivity contribution in [2.24, 2.45) is 5.92 Å². The van der Waals surface area contributed by atoms with Gasteiger partial charge in [0, 0.05) is 43.9 Å². The number of aromatic hydroxyl groups is 1. The van der Waals surface area contributed by atoms with Crippen molar-refractivity contribution in [2.75, 3.05) is 20.2 Å². The SMILES string of the molecule is COc1ccc(-c2coc3c(CN4CC5CC(C4)c4cccc(=O)n4C5)c(O)ccc3c2=O)cc1. The molecule has 35 heavy (non-hydrogen) atoms. The molecule has 1 saturated heterocycles. The lowest BCUT2D eigenvalue weighted by Crippen LogP contribution is -2.46. The summed E-state index contributed by atoms with van der Waals surface area (Å²) in [5, 5.41) is 11.2. The van der Waals surface area contributed by atoms with Crippen LogP contribution in [-0.2, 0) is 13.1 Å². The molecule has 2 atom stereocenters. The van der Waals surface area contributed by atoms with Crippen molar-refractivity contribution in [1.29, 1.82) is 0 Å². The van der Waals surface area contributed by atoms with Gasteiger partial charge in [-0.05, 0) is 48.2 Å². The summed E-state index contributed by atoms with van der Waals surface area (Å²) < 4.78 is 13.1. The van der Waals surface area contributed by atoms with Crippen molar-refractivity contribution in [3.8, 4) is 22.6 Å². The van der Waals surface area contributed by atoms with Gasteiger partial charge in [0.25, 0.3) is 5.56 Å². The minimum atomic E-state index is -0.138. The van der Waals surface area contributed by atoms with Crippen molar-refractivity contribution < 1.29 is 14.3 Å². The number of phenolic OH excluding ortho intramolecular Hbond substituents is 1. The minimum Gasteiger partial charge on any atom is -0.507 e. The molecule has 1 fully saturated rings. The first-order valence-corrected chi connectivity index (χ1v) is 11.8. The topological polar surface area (TPSA) is 84.9 Å². The van der Waals surface area contributed by atoms with E-state index in [9.17, 15) is 14.7 Å². The van der Waals surface area contributed by atoms with Gasteiger partial charge >= 0.3 is 0 Å². The van der Waals surface area contributed by atoms with Crippen molar-refractivity contribution >= 4 is 11.0 Å². The molecule has 7 nitrogen and oxygen atoms in total. The lowest BCUT2D eigenvalue weighted by atomic mass is 9.83. The van der Waals surface area contributed by atoms with Crippen LogP contribution in [0.4, 0.5) is 0 Å². The van der Waals surface area contributed by atoms with Gasteiger partial charge in [-0.25, -0.2) is 0 Å². The lowest BCUT2D eigenvalue weighted by Gasteiger charge is -2.42. The first-order valence-electron chi connectivity index (χ1n) is 11.8. The van der Waals surface area contributed by atoms with Crippen LogP contribution in [0.2, 0.25) is 0 Å². The molecule has 0 aliphatic carbocycles. The lowest BCUT2D eigenvalue weighted by molar-refractivity contribution is 0.113. The molecule has 0 spiro atoms. The van der Waals surface area contributed by atoms with Gasteiger partial charge in [-0.2, -0.15) is 0 Å². The molecular weight excluding hydrogens is 444 g/mol. The number of phenols is 1. The zero-order valence-corrected chi connectivity index (χ0v) is 19.4. The Bertz CT molecular complexity index is 1540. The van der Waals surface area contributed by atoms with Crippen LogP contribution in [0.15, 0.2) is 74.9 Å². The van der Waals surface area contributed by atoms with Crippen molar-refractivity contribution in [3.63, 3.8) is 0 Å². The second-order valence-electron chi connectivity index (χ2n) is 9.54. The molecule has 1 N–H and O–H groups in total. The minimum absolute atomic E-state index is 0.0618. The second-order valence-corrected chi connectivity index (χ2v) is 9.54. The van der Waals surface area contributed by atoms with E-state index in [2.05, 4.69) is 4.90 Å². The number of methoxy groups -OCH3 is 1. The van der Waals surface area contributed by atoms with E-state index < -0.39 is 0 Å². The van der Waals surface area contributed by atoms with E-state index in [4.69, 9.17) is 9.15 Å². The number of piperidine rings is 1. The van der Waals surface area contributed by atoms with Crippen molar-refractivity contribution in [2.45, 2.75) is 25.4 Å². The zero-order valence-electron chi connectivity index (χ0n) is 19.4. The fraction of sp³-hybridized carbons (Fsp3) is 0.286. The smallest absolute Gasteiger partial charge is 0.250 e. The fourth-order valence-corrected chi connectivity index (χ4v) is 5.72. The van der Waals surface area contributed by atoms with Crippen LogP contribution >= 0.6 is 0 Å². The van der Waals surface area contributed by atoms with Crippen LogP contribution in [0.25, 0.3) is 22.1 Å². The molecular formula is C28H26N2O5. The summed E-state index contributed by atoms with van der Waals surface area (Å²) in [6, 6.07) is 16.0. The highest BCUT2D eigenvalue weighted by Gasteiger charge is 2.35. The molecule has 4 heterocycles. The molecule has 4 aromatic rings. The monoisotopic (exact) mass is 470 g/mol. The second kappa shape index (κ2) is 8.43. The van der Waals surface area contributed by atoms with Gasteiger partial charge in [0.15, 0.2) is 0 Å². The van der Waals surface area contributed by atoms with Gasteiger partial charge in [-0.15, -0.1) is 0 Å². The normalized spacial score (nSPS) is 19.5. The van der Waals surface area contributed by atoms with E-state index in [0.717, 1.165) is 30.8 Å². The number of benzene rings is 2. The molecule has 2 aliphatic rings. The third-order valence-electron chi connectivity index (χ3n) is 7.36. The summed E-state index contributed by atoms with van der Waals surface area (Å²) in [7, 11) is 1.60. The van der Waals surface area contributed by atoms with Gasteiger partial charge in [0.05, 0.1) is 23.6 Å². The average Bonchev–Trinajstić information content (AvgIpc) is 2.87. The van der Waals surface area contributed by atoms with E-state index in [1.165, 1.54) is 6.26 Å². The highest BCUT2D eigenvalue weighted by molar-refractivity contribution is 5.85. The Morgan fingerprint density at radius 3 is 2.66 bits per heavy atom. The van der Waals surface area contributed by atoms with Crippen molar-refractivity contribution in [3.05, 3.63) is 92.7 Å². The Morgan fingerprint density at radius 2 is 1.86 bits per heavy atom. The maximum Gasteiger partial charge on any atom is 0.250 e. The van der Waals surface area contributed by atoms with Gasteiger partial charge in [-0.3, -0.25) is 14.5 Å². The number of likely N-dealkylation sites (tertiary alicyclic amines) is 1. The number of hydrogen-bond donors (Lipinski definition) is 1. The molecule has 2 unspecified atom stereocenters. The highest BCUT2D eigenvalue weighted by Crippen LogP contribution is 2.37. The number of pyridine rings is 1. The Kier molecular flexibility index (Phi) is 5.22. The molecule has 2 aliphatic heterocycles. The number of hydrogen-bond acceptors (Lipinski definition) is 6. The quantitative estimate of drug-likeness (QED) is 0.486. The Labute approximate surface area is 201 Å². The standard InChI is InChI=1S/C28H26N2O5/c1-34-20-7-5-18(6-8-20)23-16-35-28-21(27(23)33)9-10-25(31)22(28)15-29-12-17-11-19(14-29)24-3-2-4-26(32)30(24)13-17/h2-10,16-17,19,31H,11-15H2,1H3. The molecule has 178 valence electrons. The van der Waals surface area contributed by atoms with Crippen LogP contribution < -0.4 is 15.7 Å².